The largest absolute Gasteiger partial charge is 0.396 e. The summed E-state index contributed by atoms with van der Waals surface area (Å²) in [5.41, 5.74) is 0.346. The van der Waals surface area contributed by atoms with Crippen LogP contribution in [-0.4, -0.2) is 60.1 Å². The first-order valence-electron chi connectivity index (χ1n) is 11.0. The fourth-order valence-electron chi connectivity index (χ4n) is 4.93. The summed E-state index contributed by atoms with van der Waals surface area (Å²) < 4.78 is 11.8. The first-order valence-corrected chi connectivity index (χ1v) is 11.0. The standard InChI is InChI=1S/C22H42O5/c1-16(12-23)14-26-20-8-4-17(5-9-20)22(2,3)18-6-10-21(11-7-18)27-15-19(25)13-24/h16-21,23-25H,4-15H2,1-3H3. The van der Waals surface area contributed by atoms with Gasteiger partial charge in [-0.1, -0.05) is 20.8 Å². The van der Waals surface area contributed by atoms with Crippen LogP contribution in [0.25, 0.3) is 0 Å². The summed E-state index contributed by atoms with van der Waals surface area (Å²) in [5, 5.41) is 27.5. The summed E-state index contributed by atoms with van der Waals surface area (Å²) in [6.07, 6.45) is 9.12. The van der Waals surface area contributed by atoms with Crippen molar-refractivity contribution in [1.29, 1.82) is 0 Å². The van der Waals surface area contributed by atoms with Gasteiger partial charge < -0.3 is 24.8 Å². The normalized spacial score (nSPS) is 32.2. The van der Waals surface area contributed by atoms with E-state index < -0.39 is 6.10 Å². The quantitative estimate of drug-likeness (QED) is 0.537. The topological polar surface area (TPSA) is 79.2 Å². The lowest BCUT2D eigenvalue weighted by atomic mass is 9.60. The van der Waals surface area contributed by atoms with Gasteiger partial charge in [-0.3, -0.25) is 0 Å². The molecule has 0 aromatic carbocycles. The molecule has 0 heterocycles. The molecule has 5 nitrogen and oxygen atoms in total. The van der Waals surface area contributed by atoms with E-state index in [1.807, 2.05) is 6.92 Å². The van der Waals surface area contributed by atoms with Crippen molar-refractivity contribution >= 4 is 0 Å². The van der Waals surface area contributed by atoms with Crippen LogP contribution in [0.4, 0.5) is 0 Å². The number of hydrogen-bond acceptors (Lipinski definition) is 5. The average molecular weight is 387 g/mol. The van der Waals surface area contributed by atoms with Crippen molar-refractivity contribution in [3.8, 4) is 0 Å². The van der Waals surface area contributed by atoms with Crippen molar-refractivity contribution in [2.75, 3.05) is 26.4 Å². The molecule has 160 valence electrons. The summed E-state index contributed by atoms with van der Waals surface area (Å²) in [5.74, 6) is 1.72. The van der Waals surface area contributed by atoms with E-state index in [1.54, 1.807) is 0 Å². The first-order chi connectivity index (χ1) is 12.9. The molecular formula is C22H42O5. The predicted molar refractivity (Wildman–Crippen MR) is 107 cm³/mol. The van der Waals surface area contributed by atoms with E-state index in [0.717, 1.165) is 37.5 Å². The molecule has 0 spiro atoms. The second kappa shape index (κ2) is 11.1. The van der Waals surface area contributed by atoms with Gasteiger partial charge in [0.2, 0.25) is 0 Å². The highest BCUT2D eigenvalue weighted by atomic mass is 16.5. The van der Waals surface area contributed by atoms with Crippen molar-refractivity contribution in [1.82, 2.24) is 0 Å². The molecule has 2 saturated carbocycles. The SMILES string of the molecule is CC(CO)COC1CCC(C(C)(C)C2CCC(OCC(O)CO)CC2)CC1. The van der Waals surface area contributed by atoms with Gasteiger partial charge in [0.25, 0.3) is 0 Å². The van der Waals surface area contributed by atoms with Gasteiger partial charge in [-0.05, 0) is 68.6 Å². The molecule has 27 heavy (non-hydrogen) atoms. The lowest BCUT2D eigenvalue weighted by Gasteiger charge is -2.46. The van der Waals surface area contributed by atoms with E-state index in [4.69, 9.17) is 19.7 Å². The summed E-state index contributed by atoms with van der Waals surface area (Å²) in [6, 6.07) is 0. The Hall–Kier alpha value is -0.200. The number of hydrogen-bond donors (Lipinski definition) is 3. The number of ether oxygens (including phenoxy) is 2. The van der Waals surface area contributed by atoms with Crippen LogP contribution in [0.1, 0.15) is 72.1 Å². The third-order valence-electron chi connectivity index (χ3n) is 7.12. The molecular weight excluding hydrogens is 344 g/mol. The van der Waals surface area contributed by atoms with E-state index in [1.165, 1.54) is 25.7 Å². The molecule has 0 aromatic rings. The van der Waals surface area contributed by atoms with Gasteiger partial charge in [0.1, 0.15) is 6.10 Å². The summed E-state index contributed by atoms with van der Waals surface area (Å²) in [6.45, 7) is 7.82. The van der Waals surface area contributed by atoms with Crippen LogP contribution in [0, 0.1) is 23.2 Å². The van der Waals surface area contributed by atoms with Crippen LogP contribution < -0.4 is 0 Å². The molecule has 5 heteroatoms. The monoisotopic (exact) mass is 386 g/mol. The maximum absolute atomic E-state index is 9.45. The van der Waals surface area contributed by atoms with Crippen LogP contribution in [-0.2, 0) is 9.47 Å². The van der Waals surface area contributed by atoms with E-state index >= 15 is 0 Å². The minimum atomic E-state index is -0.753. The van der Waals surface area contributed by atoms with Crippen molar-refractivity contribution in [3.63, 3.8) is 0 Å². The Morgan fingerprint density at radius 1 is 0.778 bits per heavy atom. The molecule has 0 saturated heterocycles. The van der Waals surface area contributed by atoms with Crippen LogP contribution in [0.5, 0.6) is 0 Å². The molecule has 2 fully saturated rings. The third kappa shape index (κ3) is 6.97. The van der Waals surface area contributed by atoms with Crippen LogP contribution in [0.3, 0.4) is 0 Å². The van der Waals surface area contributed by atoms with E-state index in [2.05, 4.69) is 13.8 Å². The first kappa shape index (κ1) is 23.1. The molecule has 0 aromatic heterocycles. The lowest BCUT2D eigenvalue weighted by Crippen LogP contribution is -2.39. The van der Waals surface area contributed by atoms with E-state index in [0.29, 0.717) is 18.1 Å². The Labute approximate surface area is 165 Å². The second-order valence-electron chi connectivity index (χ2n) is 9.56. The molecule has 0 bridgehead atoms. The highest BCUT2D eigenvalue weighted by molar-refractivity contribution is 4.91. The smallest absolute Gasteiger partial charge is 0.100 e. The Bertz CT molecular complexity index is 362. The number of aliphatic hydroxyl groups is 3. The van der Waals surface area contributed by atoms with Gasteiger partial charge in [-0.25, -0.2) is 0 Å². The number of rotatable bonds is 10. The molecule has 2 rings (SSSR count). The minimum Gasteiger partial charge on any atom is -0.396 e. The fourth-order valence-corrected chi connectivity index (χ4v) is 4.93. The van der Waals surface area contributed by atoms with Gasteiger partial charge in [-0.15, -0.1) is 0 Å². The van der Waals surface area contributed by atoms with Gasteiger partial charge >= 0.3 is 0 Å². The molecule has 0 aliphatic heterocycles. The van der Waals surface area contributed by atoms with Crippen molar-refractivity contribution in [2.45, 2.75) is 90.4 Å². The van der Waals surface area contributed by atoms with Crippen molar-refractivity contribution in [3.05, 3.63) is 0 Å². The Kier molecular flexibility index (Phi) is 9.49. The zero-order valence-corrected chi connectivity index (χ0v) is 17.6. The molecule has 2 unspecified atom stereocenters. The average Bonchev–Trinajstić information content (AvgIpc) is 2.70. The third-order valence-corrected chi connectivity index (χ3v) is 7.12. The van der Waals surface area contributed by atoms with Crippen molar-refractivity contribution in [2.24, 2.45) is 23.2 Å². The molecule has 2 atom stereocenters. The van der Waals surface area contributed by atoms with Gasteiger partial charge in [-0.2, -0.15) is 0 Å². The highest BCUT2D eigenvalue weighted by Crippen LogP contribution is 2.48. The molecule has 2 aliphatic carbocycles. The summed E-state index contributed by atoms with van der Waals surface area (Å²) >= 11 is 0. The fraction of sp³-hybridized carbons (Fsp3) is 1.00. The molecule has 0 amide bonds. The van der Waals surface area contributed by atoms with E-state index in [-0.39, 0.29) is 31.8 Å². The molecule has 2 aliphatic rings. The van der Waals surface area contributed by atoms with Crippen LogP contribution >= 0.6 is 0 Å². The highest BCUT2D eigenvalue weighted by Gasteiger charge is 2.40. The zero-order valence-electron chi connectivity index (χ0n) is 17.6. The lowest BCUT2D eigenvalue weighted by molar-refractivity contribution is -0.0621. The number of aliphatic hydroxyl groups excluding tert-OH is 3. The molecule has 3 N–H and O–H groups in total. The van der Waals surface area contributed by atoms with Crippen LogP contribution in [0.2, 0.25) is 0 Å². The van der Waals surface area contributed by atoms with Crippen LogP contribution in [0.15, 0.2) is 0 Å². The maximum Gasteiger partial charge on any atom is 0.100 e. The zero-order chi connectivity index (χ0) is 19.9. The van der Waals surface area contributed by atoms with Crippen molar-refractivity contribution < 1.29 is 24.8 Å². The predicted octanol–water partition coefficient (Wildman–Crippen LogP) is 3.15. The van der Waals surface area contributed by atoms with E-state index in [9.17, 15) is 5.11 Å². The Morgan fingerprint density at radius 3 is 1.63 bits per heavy atom. The van der Waals surface area contributed by atoms with Gasteiger partial charge in [0.05, 0.1) is 32.0 Å². The summed E-state index contributed by atoms with van der Waals surface area (Å²) in [7, 11) is 0. The molecule has 0 radical (unpaired) electrons. The summed E-state index contributed by atoms with van der Waals surface area (Å²) in [4.78, 5) is 0. The van der Waals surface area contributed by atoms with Gasteiger partial charge in [0, 0.05) is 12.5 Å². The maximum atomic E-state index is 9.45. The second-order valence-corrected chi connectivity index (χ2v) is 9.56. The van der Waals surface area contributed by atoms with Gasteiger partial charge in [0.15, 0.2) is 0 Å². The minimum absolute atomic E-state index is 0.202. The Balaban J connectivity index is 1.72. The Morgan fingerprint density at radius 2 is 1.22 bits per heavy atom.